The molecule has 0 N–H and O–H groups in total. The molecule has 25 heavy (non-hydrogen) atoms. The van der Waals surface area contributed by atoms with Gasteiger partial charge in [-0.3, -0.25) is 14.2 Å². The van der Waals surface area contributed by atoms with E-state index in [1.54, 1.807) is 6.07 Å². The Bertz CT molecular complexity index is 861. The fourth-order valence-electron chi connectivity index (χ4n) is 4.41. The Labute approximate surface area is 155 Å². The number of carbonyl (C=O) groups excluding carboxylic acids is 1. The highest BCUT2D eigenvalue weighted by atomic mass is 79.9. The van der Waals surface area contributed by atoms with Crippen molar-refractivity contribution in [3.05, 3.63) is 39.4 Å². The predicted molar refractivity (Wildman–Crippen MR) is 100 cm³/mol. The number of benzene rings is 1. The molecule has 1 saturated carbocycles. The van der Waals surface area contributed by atoms with Crippen LogP contribution in [0, 0.1) is 5.92 Å². The summed E-state index contributed by atoms with van der Waals surface area (Å²) in [6, 6.07) is 5.81. The highest BCUT2D eigenvalue weighted by Gasteiger charge is 2.35. The lowest BCUT2D eigenvalue weighted by molar-refractivity contribution is -0.138. The van der Waals surface area contributed by atoms with Crippen LogP contribution in [-0.4, -0.2) is 32.9 Å². The van der Waals surface area contributed by atoms with Crippen LogP contribution in [0.3, 0.4) is 0 Å². The van der Waals surface area contributed by atoms with Gasteiger partial charge in [0.1, 0.15) is 6.54 Å². The van der Waals surface area contributed by atoms with Crippen molar-refractivity contribution in [3.8, 4) is 0 Å². The van der Waals surface area contributed by atoms with E-state index in [9.17, 15) is 9.59 Å². The van der Waals surface area contributed by atoms with Gasteiger partial charge in [-0.05, 0) is 49.8 Å². The number of amides is 1. The summed E-state index contributed by atoms with van der Waals surface area (Å²) in [6.07, 6.45) is 8.64. The summed E-state index contributed by atoms with van der Waals surface area (Å²) in [5, 5.41) is 0.541. The molecule has 1 aromatic carbocycles. The Balaban J connectivity index is 1.59. The monoisotopic (exact) mass is 403 g/mol. The number of hydrogen-bond acceptors (Lipinski definition) is 3. The topological polar surface area (TPSA) is 55.2 Å². The maximum Gasteiger partial charge on any atom is 0.261 e. The number of nitrogens with zero attached hydrogens (tertiary/aromatic N) is 3. The zero-order valence-electron chi connectivity index (χ0n) is 14.2. The third kappa shape index (κ3) is 3.24. The second-order valence-electron chi connectivity index (χ2n) is 7.18. The molecular formula is C19H22BrN3O2. The minimum atomic E-state index is -0.156. The number of halogens is 1. The number of carbonyl (C=O) groups is 1. The van der Waals surface area contributed by atoms with E-state index in [1.165, 1.54) is 36.6 Å². The van der Waals surface area contributed by atoms with Gasteiger partial charge in [0, 0.05) is 17.1 Å². The van der Waals surface area contributed by atoms with E-state index < -0.39 is 0 Å². The van der Waals surface area contributed by atoms with Crippen LogP contribution in [-0.2, 0) is 11.3 Å². The van der Waals surface area contributed by atoms with Gasteiger partial charge >= 0.3 is 0 Å². The molecule has 1 aliphatic heterocycles. The predicted octanol–water partition coefficient (Wildman–Crippen LogP) is 3.34. The smallest absolute Gasteiger partial charge is 0.261 e. The molecule has 6 heteroatoms. The average molecular weight is 404 g/mol. The van der Waals surface area contributed by atoms with Gasteiger partial charge in [0.05, 0.1) is 17.2 Å². The van der Waals surface area contributed by atoms with E-state index in [0.717, 1.165) is 23.9 Å². The van der Waals surface area contributed by atoms with Crippen molar-refractivity contribution in [2.75, 3.05) is 6.54 Å². The SMILES string of the molecule is O=C(Cn1cnc2ccc(Br)cc2c1=O)N1CCCC2CCCCC21. The molecule has 1 amide bonds. The molecule has 2 aliphatic rings. The van der Waals surface area contributed by atoms with Gasteiger partial charge in [0.2, 0.25) is 5.91 Å². The second kappa shape index (κ2) is 6.90. The Morgan fingerprint density at radius 1 is 1.20 bits per heavy atom. The number of fused-ring (bicyclic) bond motifs is 2. The minimum Gasteiger partial charge on any atom is -0.338 e. The molecule has 2 atom stereocenters. The van der Waals surface area contributed by atoms with E-state index in [2.05, 4.69) is 20.9 Å². The van der Waals surface area contributed by atoms with Gasteiger partial charge in [0.25, 0.3) is 5.56 Å². The van der Waals surface area contributed by atoms with Gasteiger partial charge < -0.3 is 4.90 Å². The molecule has 2 fully saturated rings. The van der Waals surface area contributed by atoms with Crippen LogP contribution in [0.1, 0.15) is 38.5 Å². The van der Waals surface area contributed by atoms with Crippen LogP contribution in [0.25, 0.3) is 10.9 Å². The first-order valence-corrected chi connectivity index (χ1v) is 9.87. The maximum absolute atomic E-state index is 12.9. The van der Waals surface area contributed by atoms with Crippen molar-refractivity contribution in [3.63, 3.8) is 0 Å². The molecule has 0 bridgehead atoms. The summed E-state index contributed by atoms with van der Waals surface area (Å²) in [6.45, 7) is 0.902. The van der Waals surface area contributed by atoms with Crippen LogP contribution >= 0.6 is 15.9 Å². The number of aromatic nitrogens is 2. The molecule has 1 saturated heterocycles. The normalized spacial score (nSPS) is 23.5. The molecule has 2 aromatic rings. The van der Waals surface area contributed by atoms with Crippen LogP contribution in [0.5, 0.6) is 0 Å². The number of likely N-dealkylation sites (tertiary alicyclic amines) is 1. The lowest BCUT2D eigenvalue weighted by Gasteiger charge is -2.44. The lowest BCUT2D eigenvalue weighted by atomic mass is 9.78. The van der Waals surface area contributed by atoms with Crippen molar-refractivity contribution in [1.29, 1.82) is 0 Å². The first-order chi connectivity index (χ1) is 12.1. The van der Waals surface area contributed by atoms with Crippen molar-refractivity contribution >= 4 is 32.7 Å². The van der Waals surface area contributed by atoms with E-state index in [0.29, 0.717) is 22.9 Å². The molecule has 0 radical (unpaired) electrons. The minimum absolute atomic E-state index is 0.0508. The van der Waals surface area contributed by atoms with Gasteiger partial charge in [-0.25, -0.2) is 4.98 Å². The van der Waals surface area contributed by atoms with Crippen LogP contribution < -0.4 is 5.56 Å². The molecular weight excluding hydrogens is 382 g/mol. The first-order valence-electron chi connectivity index (χ1n) is 9.07. The Hall–Kier alpha value is -1.69. The van der Waals surface area contributed by atoms with E-state index in [4.69, 9.17) is 0 Å². The largest absolute Gasteiger partial charge is 0.338 e. The van der Waals surface area contributed by atoms with Crippen molar-refractivity contribution < 1.29 is 4.79 Å². The average Bonchev–Trinajstić information content (AvgIpc) is 2.64. The summed E-state index contributed by atoms with van der Waals surface area (Å²) in [5.41, 5.74) is 0.499. The Kier molecular flexibility index (Phi) is 4.63. The fourth-order valence-corrected chi connectivity index (χ4v) is 4.78. The van der Waals surface area contributed by atoms with Gasteiger partial charge in [-0.15, -0.1) is 0 Å². The maximum atomic E-state index is 12.9. The highest BCUT2D eigenvalue weighted by molar-refractivity contribution is 9.10. The molecule has 0 spiro atoms. The van der Waals surface area contributed by atoms with E-state index in [-0.39, 0.29) is 18.0 Å². The summed E-state index contributed by atoms with van der Waals surface area (Å²) in [5.74, 6) is 0.698. The molecule has 5 nitrogen and oxygen atoms in total. The summed E-state index contributed by atoms with van der Waals surface area (Å²) in [7, 11) is 0. The summed E-state index contributed by atoms with van der Waals surface area (Å²) < 4.78 is 2.29. The fraction of sp³-hybridized carbons (Fsp3) is 0.526. The van der Waals surface area contributed by atoms with E-state index >= 15 is 0 Å². The van der Waals surface area contributed by atoms with Crippen LogP contribution in [0.2, 0.25) is 0 Å². The summed E-state index contributed by atoms with van der Waals surface area (Å²) >= 11 is 3.39. The molecule has 1 aromatic heterocycles. The number of hydrogen-bond donors (Lipinski definition) is 0. The van der Waals surface area contributed by atoms with Crippen molar-refractivity contribution in [1.82, 2.24) is 14.5 Å². The quantitative estimate of drug-likeness (QED) is 0.772. The number of piperidine rings is 1. The van der Waals surface area contributed by atoms with Gasteiger partial charge in [-0.1, -0.05) is 28.8 Å². The molecule has 4 rings (SSSR count). The summed E-state index contributed by atoms with van der Waals surface area (Å²) in [4.78, 5) is 32.0. The van der Waals surface area contributed by atoms with Gasteiger partial charge in [-0.2, -0.15) is 0 Å². The molecule has 2 heterocycles. The zero-order valence-corrected chi connectivity index (χ0v) is 15.7. The Morgan fingerprint density at radius 2 is 2.00 bits per heavy atom. The molecule has 2 unspecified atom stereocenters. The Morgan fingerprint density at radius 3 is 2.88 bits per heavy atom. The van der Waals surface area contributed by atoms with Crippen LogP contribution in [0.15, 0.2) is 33.8 Å². The second-order valence-corrected chi connectivity index (χ2v) is 8.10. The van der Waals surface area contributed by atoms with Crippen molar-refractivity contribution in [2.45, 2.75) is 51.1 Å². The van der Waals surface area contributed by atoms with Gasteiger partial charge in [0.15, 0.2) is 0 Å². The third-order valence-electron chi connectivity index (χ3n) is 5.66. The lowest BCUT2D eigenvalue weighted by Crippen LogP contribution is -2.51. The van der Waals surface area contributed by atoms with Crippen LogP contribution in [0.4, 0.5) is 0 Å². The van der Waals surface area contributed by atoms with Crippen molar-refractivity contribution in [2.24, 2.45) is 5.92 Å². The van der Waals surface area contributed by atoms with E-state index in [1.807, 2.05) is 17.0 Å². The zero-order chi connectivity index (χ0) is 17.4. The molecule has 132 valence electrons. The standard InChI is InChI=1S/C19H22BrN3O2/c20-14-7-8-16-15(10-14)19(25)22(12-21-16)11-18(24)23-9-3-5-13-4-1-2-6-17(13)23/h7-8,10,12-13,17H,1-6,9,11H2. The third-order valence-corrected chi connectivity index (χ3v) is 6.15. The first kappa shape index (κ1) is 16.8. The molecule has 1 aliphatic carbocycles. The highest BCUT2D eigenvalue weighted by Crippen LogP contribution is 2.35. The number of rotatable bonds is 2.